The van der Waals surface area contributed by atoms with E-state index in [1.807, 2.05) is 60.7 Å². The number of aliphatic hydroxyl groups excluding tert-OH is 1. The molecule has 1 heterocycles. The first-order valence-electron chi connectivity index (χ1n) is 8.06. The van der Waals surface area contributed by atoms with Crippen LogP contribution in [0.15, 0.2) is 83.3 Å². The molecule has 1 aromatic heterocycles. The van der Waals surface area contributed by atoms with Crippen molar-refractivity contribution in [1.82, 2.24) is 0 Å². The summed E-state index contributed by atoms with van der Waals surface area (Å²) in [6.45, 7) is 0. The van der Waals surface area contributed by atoms with E-state index in [1.165, 1.54) is 6.08 Å². The van der Waals surface area contributed by atoms with E-state index >= 15 is 0 Å². The number of nitrogens with one attached hydrogen (secondary N) is 1. The highest BCUT2D eigenvalue weighted by Gasteiger charge is 2.10. The Labute approximate surface area is 146 Å². The van der Waals surface area contributed by atoms with Crippen molar-refractivity contribution in [2.45, 2.75) is 12.5 Å². The molecule has 0 bridgehead atoms. The van der Waals surface area contributed by atoms with Crippen LogP contribution in [0.4, 0.5) is 5.69 Å². The predicted octanol–water partition coefficient (Wildman–Crippen LogP) is 4.21. The van der Waals surface area contributed by atoms with E-state index in [4.69, 9.17) is 4.42 Å². The largest absolute Gasteiger partial charge is 0.462 e. The number of carbonyl (C=O) groups is 1. The summed E-state index contributed by atoms with van der Waals surface area (Å²) in [5, 5.41) is 13.0. The molecule has 2 aromatic carbocycles. The monoisotopic (exact) mass is 333 g/mol. The molecular weight excluding hydrogens is 314 g/mol. The molecule has 0 fully saturated rings. The summed E-state index contributed by atoms with van der Waals surface area (Å²) in [5.74, 6) is 1.01. The molecule has 0 aliphatic heterocycles. The van der Waals surface area contributed by atoms with E-state index in [1.54, 1.807) is 18.2 Å². The zero-order valence-corrected chi connectivity index (χ0v) is 13.6. The molecule has 1 atom stereocenters. The van der Waals surface area contributed by atoms with Crippen LogP contribution in [0.3, 0.4) is 0 Å². The van der Waals surface area contributed by atoms with Crippen LogP contribution in [0.2, 0.25) is 0 Å². The lowest BCUT2D eigenvalue weighted by atomic mass is 10.1. The molecule has 1 unspecified atom stereocenters. The van der Waals surface area contributed by atoms with Gasteiger partial charge in [-0.2, -0.15) is 0 Å². The van der Waals surface area contributed by atoms with Gasteiger partial charge < -0.3 is 14.8 Å². The van der Waals surface area contributed by atoms with E-state index in [2.05, 4.69) is 5.32 Å². The fourth-order valence-electron chi connectivity index (χ4n) is 2.44. The zero-order chi connectivity index (χ0) is 17.5. The number of amides is 1. The number of rotatable bonds is 6. The van der Waals surface area contributed by atoms with Crippen molar-refractivity contribution >= 4 is 17.7 Å². The second kappa shape index (κ2) is 8.13. The Bertz CT molecular complexity index is 838. The summed E-state index contributed by atoms with van der Waals surface area (Å²) in [5.41, 5.74) is 1.58. The minimum atomic E-state index is -0.620. The third-order valence-corrected chi connectivity index (χ3v) is 3.70. The van der Waals surface area contributed by atoms with Crippen molar-refractivity contribution in [3.05, 3.63) is 96.0 Å². The molecule has 0 saturated carbocycles. The van der Waals surface area contributed by atoms with Gasteiger partial charge in [-0.05, 0) is 35.9 Å². The maximum Gasteiger partial charge on any atom is 0.248 e. The number of hydrogen-bond acceptors (Lipinski definition) is 3. The van der Waals surface area contributed by atoms with Crippen LogP contribution in [0, 0.1) is 0 Å². The van der Waals surface area contributed by atoms with Gasteiger partial charge in [0.15, 0.2) is 0 Å². The first-order valence-corrected chi connectivity index (χ1v) is 8.06. The van der Waals surface area contributed by atoms with Crippen LogP contribution in [-0.4, -0.2) is 11.0 Å². The maximum absolute atomic E-state index is 11.9. The van der Waals surface area contributed by atoms with Gasteiger partial charge >= 0.3 is 0 Å². The average Bonchev–Trinajstić information content (AvgIpc) is 3.09. The van der Waals surface area contributed by atoms with E-state index < -0.39 is 6.10 Å². The van der Waals surface area contributed by atoms with Crippen molar-refractivity contribution in [3.63, 3.8) is 0 Å². The lowest BCUT2D eigenvalue weighted by Crippen LogP contribution is -2.07. The van der Waals surface area contributed by atoms with Crippen molar-refractivity contribution < 1.29 is 14.3 Å². The minimum absolute atomic E-state index is 0.228. The number of benzene rings is 2. The second-order valence-corrected chi connectivity index (χ2v) is 5.62. The highest BCUT2D eigenvalue weighted by atomic mass is 16.3. The molecule has 0 saturated heterocycles. The van der Waals surface area contributed by atoms with Crippen molar-refractivity contribution in [2.24, 2.45) is 0 Å². The van der Waals surface area contributed by atoms with E-state index in [0.717, 1.165) is 11.3 Å². The summed E-state index contributed by atoms with van der Waals surface area (Å²) < 4.78 is 5.65. The third kappa shape index (κ3) is 4.93. The molecule has 0 radical (unpaired) electrons. The van der Waals surface area contributed by atoms with Gasteiger partial charge in [0.25, 0.3) is 0 Å². The Balaban J connectivity index is 1.57. The number of anilines is 1. The van der Waals surface area contributed by atoms with Gasteiger partial charge in [-0.15, -0.1) is 0 Å². The van der Waals surface area contributed by atoms with Crippen LogP contribution < -0.4 is 5.32 Å². The molecule has 0 aliphatic rings. The normalized spacial score (nSPS) is 12.2. The smallest absolute Gasteiger partial charge is 0.248 e. The zero-order valence-electron chi connectivity index (χ0n) is 13.6. The Kier molecular flexibility index (Phi) is 5.44. The Morgan fingerprint density at radius 1 is 1.00 bits per heavy atom. The molecule has 0 spiro atoms. The topological polar surface area (TPSA) is 62.5 Å². The number of furan rings is 1. The number of carbonyl (C=O) groups excluding carboxylic acids is 1. The van der Waals surface area contributed by atoms with Crippen LogP contribution in [0.5, 0.6) is 0 Å². The Morgan fingerprint density at radius 2 is 1.68 bits per heavy atom. The molecule has 25 heavy (non-hydrogen) atoms. The summed E-state index contributed by atoms with van der Waals surface area (Å²) >= 11 is 0. The van der Waals surface area contributed by atoms with E-state index in [0.29, 0.717) is 17.9 Å². The van der Waals surface area contributed by atoms with Gasteiger partial charge in [-0.25, -0.2) is 0 Å². The molecular formula is C21H19NO3. The first kappa shape index (κ1) is 16.7. The summed E-state index contributed by atoms with van der Waals surface area (Å²) in [6.07, 6.45) is 2.79. The van der Waals surface area contributed by atoms with E-state index in [-0.39, 0.29) is 5.91 Å². The maximum atomic E-state index is 11.9. The highest BCUT2D eigenvalue weighted by Crippen LogP contribution is 2.20. The van der Waals surface area contributed by atoms with Crippen molar-refractivity contribution in [2.75, 3.05) is 5.32 Å². The molecule has 2 N–H and O–H groups in total. The fourth-order valence-corrected chi connectivity index (χ4v) is 2.44. The lowest BCUT2D eigenvalue weighted by Gasteiger charge is -2.08. The molecule has 1 amide bonds. The second-order valence-electron chi connectivity index (χ2n) is 5.62. The molecule has 126 valence electrons. The molecule has 0 aliphatic carbocycles. The van der Waals surface area contributed by atoms with Gasteiger partial charge in [0.1, 0.15) is 11.5 Å². The Hall–Kier alpha value is -3.11. The fraction of sp³-hybridized carbons (Fsp3) is 0.0952. The standard InChI is InChI=1S/C21H19NO3/c23-20(16-7-3-1-4-8-16)15-19-12-11-18(25-19)13-14-21(24)22-17-9-5-2-6-10-17/h1-14,20,23H,15H2,(H,22,24)/b14-13+. The molecule has 4 nitrogen and oxygen atoms in total. The summed E-state index contributed by atoms with van der Waals surface area (Å²) in [7, 11) is 0. The van der Waals surface area contributed by atoms with Crippen LogP contribution >= 0.6 is 0 Å². The number of para-hydroxylation sites is 1. The third-order valence-electron chi connectivity index (χ3n) is 3.70. The number of aliphatic hydroxyl groups is 1. The van der Waals surface area contributed by atoms with Gasteiger partial charge in [0.05, 0.1) is 6.10 Å². The van der Waals surface area contributed by atoms with Gasteiger partial charge in [-0.3, -0.25) is 4.79 Å². The summed E-state index contributed by atoms with van der Waals surface area (Å²) in [6, 6.07) is 22.3. The van der Waals surface area contributed by atoms with Gasteiger partial charge in [0.2, 0.25) is 5.91 Å². The molecule has 4 heteroatoms. The first-order chi connectivity index (χ1) is 12.2. The quantitative estimate of drug-likeness (QED) is 0.664. The minimum Gasteiger partial charge on any atom is -0.462 e. The van der Waals surface area contributed by atoms with Gasteiger partial charge in [0, 0.05) is 18.2 Å². The van der Waals surface area contributed by atoms with Crippen LogP contribution in [-0.2, 0) is 11.2 Å². The SMILES string of the molecule is O=C(/C=C/c1ccc(CC(O)c2ccccc2)o1)Nc1ccccc1. The van der Waals surface area contributed by atoms with Crippen LogP contribution in [0.25, 0.3) is 6.08 Å². The van der Waals surface area contributed by atoms with Crippen molar-refractivity contribution in [3.8, 4) is 0 Å². The molecule has 3 aromatic rings. The lowest BCUT2D eigenvalue weighted by molar-refractivity contribution is -0.111. The van der Waals surface area contributed by atoms with E-state index in [9.17, 15) is 9.90 Å². The highest BCUT2D eigenvalue weighted by molar-refractivity contribution is 6.01. The van der Waals surface area contributed by atoms with Crippen LogP contribution in [0.1, 0.15) is 23.2 Å². The molecule has 3 rings (SSSR count). The summed E-state index contributed by atoms with van der Waals surface area (Å²) in [4.78, 5) is 11.9. The number of hydrogen-bond donors (Lipinski definition) is 2. The van der Waals surface area contributed by atoms with Gasteiger partial charge in [-0.1, -0.05) is 48.5 Å². The predicted molar refractivity (Wildman–Crippen MR) is 97.9 cm³/mol. The van der Waals surface area contributed by atoms with Crippen molar-refractivity contribution in [1.29, 1.82) is 0 Å². The average molecular weight is 333 g/mol. The Morgan fingerprint density at radius 3 is 2.40 bits per heavy atom.